The Morgan fingerprint density at radius 2 is 2.36 bits per heavy atom. The van der Waals surface area contributed by atoms with Crippen molar-refractivity contribution in [2.75, 3.05) is 20.7 Å². The summed E-state index contributed by atoms with van der Waals surface area (Å²) in [6, 6.07) is 0. The lowest BCUT2D eigenvalue weighted by Gasteiger charge is -2.12. The van der Waals surface area contributed by atoms with E-state index in [1.165, 1.54) is 0 Å². The number of carbonyl (C=O) groups is 1. The summed E-state index contributed by atoms with van der Waals surface area (Å²) < 4.78 is 5.02. The molecule has 0 aliphatic rings. The molecule has 1 atom stereocenters. The molecule has 0 spiro atoms. The Hall–Kier alpha value is -0.610. The van der Waals surface area contributed by atoms with Crippen molar-refractivity contribution in [1.29, 1.82) is 0 Å². The van der Waals surface area contributed by atoms with E-state index in [9.17, 15) is 4.79 Å². The van der Waals surface area contributed by atoms with Crippen molar-refractivity contribution < 1.29 is 14.6 Å². The van der Waals surface area contributed by atoms with Gasteiger partial charge in [-0.1, -0.05) is 0 Å². The van der Waals surface area contributed by atoms with Gasteiger partial charge in [-0.2, -0.15) is 0 Å². The number of carboxylic acid groups (broad SMARTS) is 1. The van der Waals surface area contributed by atoms with Crippen LogP contribution >= 0.6 is 0 Å². The molecule has 0 aliphatic carbocycles. The molecule has 0 bridgehead atoms. The number of ether oxygens (including phenoxy) is 1. The summed E-state index contributed by atoms with van der Waals surface area (Å²) in [4.78, 5) is 10.1. The Bertz CT molecular complexity index is 116. The monoisotopic (exact) mass is 161 g/mol. The van der Waals surface area contributed by atoms with E-state index < -0.39 is 5.97 Å². The quantitative estimate of drug-likeness (QED) is 0.579. The van der Waals surface area contributed by atoms with E-state index >= 15 is 0 Å². The van der Waals surface area contributed by atoms with Crippen LogP contribution in [0.2, 0.25) is 0 Å². The largest absolute Gasteiger partial charge is 0.481 e. The predicted molar refractivity (Wildman–Crippen MR) is 41.6 cm³/mol. The minimum absolute atomic E-state index is 0.0103. The molecule has 11 heavy (non-hydrogen) atoms. The molecule has 2 N–H and O–H groups in total. The Kier molecular flexibility index (Phi) is 5.78. The van der Waals surface area contributed by atoms with Crippen LogP contribution in [0.1, 0.15) is 12.8 Å². The van der Waals surface area contributed by atoms with Gasteiger partial charge in [-0.15, -0.1) is 0 Å². The highest BCUT2D eigenvalue weighted by Crippen LogP contribution is 1.99. The molecule has 0 aromatic carbocycles. The molecule has 0 radical (unpaired) electrons. The first-order valence-corrected chi connectivity index (χ1v) is 3.60. The zero-order chi connectivity index (χ0) is 8.69. The van der Waals surface area contributed by atoms with Gasteiger partial charge in [0.25, 0.3) is 0 Å². The first-order chi connectivity index (χ1) is 5.20. The molecule has 0 aliphatic heterocycles. The number of rotatable bonds is 6. The smallest absolute Gasteiger partial charge is 0.303 e. The summed E-state index contributed by atoms with van der Waals surface area (Å²) in [7, 11) is 3.40. The van der Waals surface area contributed by atoms with Crippen LogP contribution in [-0.4, -0.2) is 37.9 Å². The minimum atomic E-state index is -0.775. The summed E-state index contributed by atoms with van der Waals surface area (Å²) in [5.41, 5.74) is 0. The van der Waals surface area contributed by atoms with Crippen molar-refractivity contribution in [3.8, 4) is 0 Å². The average molecular weight is 161 g/mol. The highest BCUT2D eigenvalue weighted by Gasteiger charge is 2.07. The van der Waals surface area contributed by atoms with Crippen molar-refractivity contribution in [3.05, 3.63) is 0 Å². The maximum atomic E-state index is 10.1. The fraction of sp³-hybridized carbons (Fsp3) is 0.857. The lowest BCUT2D eigenvalue weighted by atomic mass is 10.2. The fourth-order valence-corrected chi connectivity index (χ4v) is 0.815. The number of aliphatic carboxylic acids is 1. The van der Waals surface area contributed by atoms with Gasteiger partial charge in [0.2, 0.25) is 0 Å². The molecule has 0 rings (SSSR count). The molecular formula is C7H15NO3. The van der Waals surface area contributed by atoms with Crippen LogP contribution in [0.15, 0.2) is 0 Å². The molecule has 0 saturated carbocycles. The maximum absolute atomic E-state index is 10.1. The van der Waals surface area contributed by atoms with Gasteiger partial charge in [-0.05, 0) is 13.5 Å². The van der Waals surface area contributed by atoms with E-state index in [-0.39, 0.29) is 12.5 Å². The van der Waals surface area contributed by atoms with Gasteiger partial charge in [0.15, 0.2) is 0 Å². The Labute approximate surface area is 66.5 Å². The number of likely N-dealkylation sites (N-methyl/N-ethyl adjacent to an activating group) is 1. The molecule has 0 heterocycles. The van der Waals surface area contributed by atoms with Crippen LogP contribution in [0.5, 0.6) is 0 Å². The highest BCUT2D eigenvalue weighted by molar-refractivity contribution is 5.66. The van der Waals surface area contributed by atoms with E-state index in [2.05, 4.69) is 5.32 Å². The Morgan fingerprint density at radius 3 is 2.73 bits per heavy atom. The molecule has 0 amide bonds. The zero-order valence-corrected chi connectivity index (χ0v) is 6.96. The summed E-state index contributed by atoms with van der Waals surface area (Å²) in [5.74, 6) is -0.775. The summed E-state index contributed by atoms with van der Waals surface area (Å²) in [6.07, 6.45) is 0.739. The molecule has 0 aromatic rings. The van der Waals surface area contributed by atoms with Crippen molar-refractivity contribution in [2.24, 2.45) is 0 Å². The second-order valence-corrected chi connectivity index (χ2v) is 2.35. The van der Waals surface area contributed by atoms with E-state index in [1.807, 2.05) is 7.05 Å². The number of methoxy groups -OCH3 is 1. The summed E-state index contributed by atoms with van der Waals surface area (Å²) in [6.45, 7) is 0.698. The van der Waals surface area contributed by atoms with Crippen LogP contribution in [-0.2, 0) is 9.53 Å². The zero-order valence-electron chi connectivity index (χ0n) is 6.96. The van der Waals surface area contributed by atoms with E-state index in [4.69, 9.17) is 9.84 Å². The van der Waals surface area contributed by atoms with Gasteiger partial charge >= 0.3 is 5.97 Å². The second kappa shape index (κ2) is 6.12. The average Bonchev–Trinajstić information content (AvgIpc) is 1.97. The Morgan fingerprint density at radius 1 is 1.73 bits per heavy atom. The number of hydrogen-bond acceptors (Lipinski definition) is 3. The number of carboxylic acids is 1. The third-order valence-corrected chi connectivity index (χ3v) is 1.45. The summed E-state index contributed by atoms with van der Waals surface area (Å²) in [5, 5.41) is 11.3. The number of hydrogen-bond donors (Lipinski definition) is 2. The van der Waals surface area contributed by atoms with Crippen molar-refractivity contribution >= 4 is 5.97 Å². The molecular weight excluding hydrogens is 146 g/mol. The van der Waals surface area contributed by atoms with Crippen molar-refractivity contribution in [3.63, 3.8) is 0 Å². The lowest BCUT2D eigenvalue weighted by Crippen LogP contribution is -2.26. The van der Waals surface area contributed by atoms with Crippen LogP contribution < -0.4 is 5.32 Å². The summed E-state index contributed by atoms with van der Waals surface area (Å²) >= 11 is 0. The molecule has 0 unspecified atom stereocenters. The molecule has 4 heteroatoms. The van der Waals surface area contributed by atoms with Gasteiger partial charge in [0.1, 0.15) is 0 Å². The topological polar surface area (TPSA) is 58.6 Å². The first kappa shape index (κ1) is 10.4. The van der Waals surface area contributed by atoms with Gasteiger partial charge in [-0.3, -0.25) is 4.79 Å². The first-order valence-electron chi connectivity index (χ1n) is 3.60. The predicted octanol–water partition coefficient (Wildman–Crippen LogP) is 0.0856. The van der Waals surface area contributed by atoms with Crippen LogP contribution in [0.4, 0.5) is 0 Å². The molecule has 0 saturated heterocycles. The second-order valence-electron chi connectivity index (χ2n) is 2.35. The Balaban J connectivity index is 3.43. The standard InChI is InChI=1S/C7H15NO3/c1-8-5-6(11-2)3-4-7(9)10/h6,8H,3-5H2,1-2H3,(H,9,10)/t6-/m1/s1. The molecule has 0 aromatic heterocycles. The SMILES string of the molecule is CNC[C@@H](CCC(=O)O)OC. The van der Waals surface area contributed by atoms with Crippen molar-refractivity contribution in [2.45, 2.75) is 18.9 Å². The van der Waals surface area contributed by atoms with Gasteiger partial charge in [0, 0.05) is 20.1 Å². The number of nitrogens with one attached hydrogen (secondary N) is 1. The lowest BCUT2D eigenvalue weighted by molar-refractivity contribution is -0.137. The van der Waals surface area contributed by atoms with Crippen LogP contribution in [0, 0.1) is 0 Å². The van der Waals surface area contributed by atoms with Gasteiger partial charge < -0.3 is 15.2 Å². The van der Waals surface area contributed by atoms with E-state index in [0.29, 0.717) is 13.0 Å². The van der Waals surface area contributed by atoms with Crippen LogP contribution in [0.3, 0.4) is 0 Å². The van der Waals surface area contributed by atoms with Gasteiger partial charge in [0.05, 0.1) is 6.10 Å². The highest BCUT2D eigenvalue weighted by atomic mass is 16.5. The van der Waals surface area contributed by atoms with E-state index in [0.717, 1.165) is 0 Å². The molecule has 0 fully saturated rings. The normalized spacial score (nSPS) is 12.9. The third kappa shape index (κ3) is 5.82. The molecule has 4 nitrogen and oxygen atoms in total. The third-order valence-electron chi connectivity index (χ3n) is 1.45. The van der Waals surface area contributed by atoms with E-state index in [1.54, 1.807) is 7.11 Å². The maximum Gasteiger partial charge on any atom is 0.303 e. The minimum Gasteiger partial charge on any atom is -0.481 e. The van der Waals surface area contributed by atoms with Crippen molar-refractivity contribution in [1.82, 2.24) is 5.32 Å². The molecule has 66 valence electrons. The van der Waals surface area contributed by atoms with Gasteiger partial charge in [-0.25, -0.2) is 0 Å². The fourth-order valence-electron chi connectivity index (χ4n) is 0.815. The van der Waals surface area contributed by atoms with Crippen LogP contribution in [0.25, 0.3) is 0 Å².